The topological polar surface area (TPSA) is 113 Å². The summed E-state index contributed by atoms with van der Waals surface area (Å²) in [4.78, 5) is 30.6. The van der Waals surface area contributed by atoms with Crippen molar-refractivity contribution in [1.82, 2.24) is 15.0 Å². The molecule has 0 aliphatic rings. The minimum Gasteiger partial charge on any atom is -0.497 e. The number of hydrogen-bond donors (Lipinski definition) is 1. The minimum absolute atomic E-state index is 0.0264. The number of carbonyl (C=O) groups excluding carboxylic acids is 1. The number of rotatable bonds is 10. The number of aromatic nitrogens is 2. The summed E-state index contributed by atoms with van der Waals surface area (Å²) in [5.41, 5.74) is 4.00. The molecule has 1 aromatic heterocycles. The van der Waals surface area contributed by atoms with Crippen LogP contribution in [0.2, 0.25) is 0 Å². The third-order valence-corrected chi connectivity index (χ3v) is 6.47. The Bertz CT molecular complexity index is 1540. The molecule has 0 bridgehead atoms. The molecule has 0 fully saturated rings. The third kappa shape index (κ3) is 5.57. The summed E-state index contributed by atoms with van der Waals surface area (Å²) in [5.74, 6) is 1.60. The van der Waals surface area contributed by atoms with Crippen molar-refractivity contribution < 1.29 is 23.7 Å². The molecular weight excluding hydrogens is 508 g/mol. The van der Waals surface area contributed by atoms with E-state index < -0.39 is 0 Å². The van der Waals surface area contributed by atoms with E-state index in [4.69, 9.17) is 18.9 Å². The predicted molar refractivity (Wildman–Crippen MR) is 146 cm³/mol. The molecule has 0 aliphatic carbocycles. The second kappa shape index (κ2) is 12.2. The van der Waals surface area contributed by atoms with Crippen molar-refractivity contribution in [3.63, 3.8) is 0 Å². The van der Waals surface area contributed by atoms with Gasteiger partial charge in [-0.05, 0) is 48.5 Å². The summed E-state index contributed by atoms with van der Waals surface area (Å²) in [6.07, 6.45) is 1.45. The Morgan fingerprint density at radius 1 is 0.947 bits per heavy atom. The molecule has 38 heavy (non-hydrogen) atoms. The van der Waals surface area contributed by atoms with Gasteiger partial charge in [0.05, 0.1) is 57.0 Å². The molecule has 4 aromatic rings. The van der Waals surface area contributed by atoms with Crippen LogP contribution in [0.25, 0.3) is 16.6 Å². The van der Waals surface area contributed by atoms with E-state index in [2.05, 4.69) is 15.5 Å². The number of benzene rings is 3. The summed E-state index contributed by atoms with van der Waals surface area (Å²) in [7, 11) is 6.11. The number of hydrogen-bond acceptors (Lipinski definition) is 9. The molecule has 0 radical (unpaired) electrons. The predicted octanol–water partition coefficient (Wildman–Crippen LogP) is 3.66. The number of ether oxygens (including phenoxy) is 4. The zero-order valence-corrected chi connectivity index (χ0v) is 22.1. The van der Waals surface area contributed by atoms with Gasteiger partial charge in [0.15, 0.2) is 16.7 Å². The number of para-hydroxylation sites is 1. The molecule has 10 nitrogen and oxygen atoms in total. The van der Waals surface area contributed by atoms with Crippen molar-refractivity contribution in [3.8, 4) is 28.7 Å². The molecule has 4 rings (SSSR count). The summed E-state index contributed by atoms with van der Waals surface area (Å²) < 4.78 is 22.8. The average Bonchev–Trinajstić information content (AvgIpc) is 2.95. The number of nitrogens with one attached hydrogen (secondary N) is 1. The van der Waals surface area contributed by atoms with Crippen LogP contribution in [0.5, 0.6) is 23.0 Å². The van der Waals surface area contributed by atoms with Crippen molar-refractivity contribution in [3.05, 3.63) is 76.6 Å². The highest BCUT2D eigenvalue weighted by molar-refractivity contribution is 7.99. The van der Waals surface area contributed by atoms with E-state index in [9.17, 15) is 9.59 Å². The third-order valence-electron chi connectivity index (χ3n) is 5.54. The molecule has 0 unspecified atom stereocenters. The van der Waals surface area contributed by atoms with Gasteiger partial charge in [-0.1, -0.05) is 23.9 Å². The van der Waals surface area contributed by atoms with Gasteiger partial charge in [0.2, 0.25) is 5.75 Å². The second-order valence-electron chi connectivity index (χ2n) is 7.76. The van der Waals surface area contributed by atoms with Crippen LogP contribution in [0.1, 0.15) is 5.56 Å². The van der Waals surface area contributed by atoms with Gasteiger partial charge >= 0.3 is 0 Å². The molecule has 0 aliphatic heterocycles. The van der Waals surface area contributed by atoms with E-state index in [1.165, 1.54) is 32.1 Å². The lowest BCUT2D eigenvalue weighted by atomic mass is 10.2. The molecule has 0 atom stereocenters. The maximum atomic E-state index is 13.4. The number of nitrogens with zero attached hydrogens (tertiary/aromatic N) is 3. The van der Waals surface area contributed by atoms with Crippen molar-refractivity contribution in [1.29, 1.82) is 0 Å². The lowest BCUT2D eigenvalue weighted by Crippen LogP contribution is -2.24. The van der Waals surface area contributed by atoms with Crippen molar-refractivity contribution in [2.45, 2.75) is 5.16 Å². The monoisotopic (exact) mass is 534 g/mol. The zero-order chi connectivity index (χ0) is 27.1. The number of thioether (sulfide) groups is 1. The number of methoxy groups -OCH3 is 4. The minimum atomic E-state index is -0.380. The van der Waals surface area contributed by atoms with E-state index in [-0.39, 0.29) is 17.2 Å². The smallest absolute Gasteiger partial charge is 0.266 e. The van der Waals surface area contributed by atoms with Gasteiger partial charge in [-0.15, -0.1) is 0 Å². The van der Waals surface area contributed by atoms with Crippen LogP contribution in [0.4, 0.5) is 0 Å². The molecule has 1 heterocycles. The molecule has 196 valence electrons. The van der Waals surface area contributed by atoms with Crippen LogP contribution in [0.3, 0.4) is 0 Å². The molecule has 11 heteroatoms. The van der Waals surface area contributed by atoms with Crippen LogP contribution in [0.15, 0.2) is 75.7 Å². The highest BCUT2D eigenvalue weighted by Crippen LogP contribution is 2.39. The maximum absolute atomic E-state index is 13.4. The SMILES string of the molecule is COc1ccc(-n2c(SCC(=O)N/N=C/c3ccc(OC)c(OC)c3OC)nc3ccccc3c2=O)cc1. The first kappa shape index (κ1) is 26.6. The largest absolute Gasteiger partial charge is 0.497 e. The quantitative estimate of drug-likeness (QED) is 0.142. The highest BCUT2D eigenvalue weighted by atomic mass is 32.2. The van der Waals surface area contributed by atoms with Gasteiger partial charge in [-0.25, -0.2) is 10.4 Å². The molecule has 1 N–H and O–H groups in total. The fourth-order valence-electron chi connectivity index (χ4n) is 3.73. The van der Waals surface area contributed by atoms with Gasteiger partial charge < -0.3 is 18.9 Å². The first-order valence-corrected chi connectivity index (χ1v) is 12.4. The van der Waals surface area contributed by atoms with Crippen LogP contribution < -0.4 is 29.9 Å². The zero-order valence-electron chi connectivity index (χ0n) is 21.3. The van der Waals surface area contributed by atoms with E-state index in [1.54, 1.807) is 61.7 Å². The first-order chi connectivity index (χ1) is 18.5. The van der Waals surface area contributed by atoms with E-state index in [0.29, 0.717) is 50.3 Å². The van der Waals surface area contributed by atoms with E-state index in [0.717, 1.165) is 11.8 Å². The lowest BCUT2D eigenvalue weighted by molar-refractivity contribution is -0.118. The molecule has 3 aromatic carbocycles. The fourth-order valence-corrected chi connectivity index (χ4v) is 4.54. The molecular formula is C27H26N4O6S. The molecule has 0 saturated carbocycles. The van der Waals surface area contributed by atoms with Gasteiger partial charge in [-0.2, -0.15) is 5.10 Å². The van der Waals surface area contributed by atoms with Crippen LogP contribution >= 0.6 is 11.8 Å². The lowest BCUT2D eigenvalue weighted by Gasteiger charge is -2.14. The van der Waals surface area contributed by atoms with Crippen molar-refractivity contribution >= 4 is 34.8 Å². The standard InChI is InChI=1S/C27H26N4O6S/c1-34-19-12-10-18(11-13-19)31-26(33)20-7-5-6-8-21(20)29-27(31)38-16-23(32)30-28-15-17-9-14-22(35-2)25(37-4)24(17)36-3/h5-15H,16H2,1-4H3,(H,30,32)/b28-15+. The van der Waals surface area contributed by atoms with Crippen molar-refractivity contribution in [2.75, 3.05) is 34.2 Å². The summed E-state index contributed by atoms with van der Waals surface area (Å²) in [6.45, 7) is 0. The van der Waals surface area contributed by atoms with Gasteiger partial charge in [0.1, 0.15) is 5.75 Å². The summed E-state index contributed by atoms with van der Waals surface area (Å²) >= 11 is 1.13. The highest BCUT2D eigenvalue weighted by Gasteiger charge is 2.16. The molecule has 0 spiro atoms. The molecule has 0 saturated heterocycles. The first-order valence-electron chi connectivity index (χ1n) is 11.4. The van der Waals surface area contributed by atoms with Gasteiger partial charge in [0, 0.05) is 5.56 Å². The Morgan fingerprint density at radius 2 is 1.68 bits per heavy atom. The Balaban J connectivity index is 1.55. The summed E-state index contributed by atoms with van der Waals surface area (Å²) in [5, 5.41) is 4.90. The van der Waals surface area contributed by atoms with Gasteiger partial charge in [-0.3, -0.25) is 14.2 Å². The van der Waals surface area contributed by atoms with E-state index in [1.807, 2.05) is 6.07 Å². The second-order valence-corrected chi connectivity index (χ2v) is 8.70. The van der Waals surface area contributed by atoms with Crippen molar-refractivity contribution in [2.24, 2.45) is 5.10 Å². The summed E-state index contributed by atoms with van der Waals surface area (Å²) in [6, 6.07) is 17.6. The average molecular weight is 535 g/mol. The van der Waals surface area contributed by atoms with E-state index >= 15 is 0 Å². The normalized spacial score (nSPS) is 10.9. The van der Waals surface area contributed by atoms with Crippen LogP contribution in [-0.2, 0) is 4.79 Å². The Morgan fingerprint density at radius 3 is 2.37 bits per heavy atom. The van der Waals surface area contributed by atoms with Crippen LogP contribution in [0, 0.1) is 0 Å². The number of hydrazone groups is 1. The number of amides is 1. The fraction of sp³-hybridized carbons (Fsp3) is 0.185. The Kier molecular flexibility index (Phi) is 8.49. The number of carbonyl (C=O) groups is 1. The molecule has 1 amide bonds. The number of fused-ring (bicyclic) bond motifs is 1. The van der Waals surface area contributed by atoms with Crippen LogP contribution in [-0.4, -0.2) is 55.9 Å². The van der Waals surface area contributed by atoms with Gasteiger partial charge in [0.25, 0.3) is 11.5 Å². The Labute approximate surface area is 223 Å². The Hall–Kier alpha value is -4.51. The maximum Gasteiger partial charge on any atom is 0.266 e.